The molecule has 2 aromatic carbocycles. The van der Waals surface area contributed by atoms with Crippen LogP contribution in [0.15, 0.2) is 59.5 Å². The molecule has 4 rings (SSSR count). The van der Waals surface area contributed by atoms with E-state index in [1.807, 2.05) is 18.2 Å². The molecular formula is C24H31ClN4O3S. The number of sulfonamides is 1. The summed E-state index contributed by atoms with van der Waals surface area (Å²) < 4.78 is 27.3. The molecule has 0 radical (unpaired) electrons. The summed E-state index contributed by atoms with van der Waals surface area (Å²) >= 11 is 6.32. The first-order valence-electron chi connectivity index (χ1n) is 11.5. The van der Waals surface area contributed by atoms with E-state index in [-0.39, 0.29) is 10.8 Å². The van der Waals surface area contributed by atoms with Gasteiger partial charge < -0.3 is 10.2 Å². The molecule has 0 spiro atoms. The summed E-state index contributed by atoms with van der Waals surface area (Å²) in [4.78, 5) is 17.7. The van der Waals surface area contributed by atoms with Gasteiger partial charge in [-0.3, -0.25) is 9.69 Å². The van der Waals surface area contributed by atoms with Crippen molar-refractivity contribution in [1.29, 1.82) is 0 Å². The fourth-order valence-corrected chi connectivity index (χ4v) is 6.50. The van der Waals surface area contributed by atoms with Crippen LogP contribution in [0, 0.1) is 0 Å². The minimum Gasteiger partial charge on any atom is -0.368 e. The van der Waals surface area contributed by atoms with Gasteiger partial charge in [0.15, 0.2) is 0 Å². The van der Waals surface area contributed by atoms with Crippen LogP contribution in [0.25, 0.3) is 0 Å². The van der Waals surface area contributed by atoms with Gasteiger partial charge in [-0.2, -0.15) is 4.31 Å². The summed E-state index contributed by atoms with van der Waals surface area (Å²) in [5.74, 6) is -0.199. The first-order valence-corrected chi connectivity index (χ1v) is 13.3. The lowest BCUT2D eigenvalue weighted by Gasteiger charge is -2.36. The molecule has 1 atom stereocenters. The predicted molar refractivity (Wildman–Crippen MR) is 131 cm³/mol. The number of hydrogen-bond donors (Lipinski definition) is 1. The van der Waals surface area contributed by atoms with Crippen LogP contribution >= 0.6 is 11.6 Å². The van der Waals surface area contributed by atoms with Gasteiger partial charge in [0.2, 0.25) is 15.9 Å². The van der Waals surface area contributed by atoms with Crippen molar-refractivity contribution in [2.75, 3.05) is 50.7 Å². The molecule has 0 bridgehead atoms. The van der Waals surface area contributed by atoms with E-state index in [1.54, 1.807) is 30.3 Å². The number of benzene rings is 2. The van der Waals surface area contributed by atoms with Crippen molar-refractivity contribution < 1.29 is 13.2 Å². The summed E-state index contributed by atoms with van der Waals surface area (Å²) in [6.07, 6.45) is 2.08. The number of carbonyl (C=O) groups excluding carboxylic acids is 1. The Labute approximate surface area is 201 Å². The number of amides is 1. The van der Waals surface area contributed by atoms with Gasteiger partial charge in [-0.1, -0.05) is 41.9 Å². The average molecular weight is 491 g/mol. The number of piperazine rings is 1. The minimum absolute atomic E-state index is 0.199. The highest BCUT2D eigenvalue weighted by atomic mass is 35.5. The summed E-state index contributed by atoms with van der Waals surface area (Å²) in [6, 6.07) is 15.6. The highest BCUT2D eigenvalue weighted by Crippen LogP contribution is 2.27. The molecule has 2 saturated heterocycles. The highest BCUT2D eigenvalue weighted by molar-refractivity contribution is 7.89. The maximum Gasteiger partial charge on any atom is 0.243 e. The Kier molecular flexibility index (Phi) is 7.90. The van der Waals surface area contributed by atoms with Gasteiger partial charge in [0.25, 0.3) is 0 Å². The van der Waals surface area contributed by atoms with Gasteiger partial charge in [0.1, 0.15) is 6.04 Å². The van der Waals surface area contributed by atoms with Gasteiger partial charge in [0.05, 0.1) is 15.6 Å². The highest BCUT2D eigenvalue weighted by Gasteiger charge is 2.39. The maximum atomic E-state index is 13.0. The van der Waals surface area contributed by atoms with Gasteiger partial charge >= 0.3 is 0 Å². The van der Waals surface area contributed by atoms with Gasteiger partial charge in [-0.15, -0.1) is 0 Å². The zero-order valence-electron chi connectivity index (χ0n) is 18.7. The van der Waals surface area contributed by atoms with E-state index in [0.29, 0.717) is 25.9 Å². The van der Waals surface area contributed by atoms with Crippen LogP contribution in [0.1, 0.15) is 19.3 Å². The molecule has 1 amide bonds. The van der Waals surface area contributed by atoms with E-state index in [1.165, 1.54) is 4.31 Å². The zero-order chi connectivity index (χ0) is 23.3. The van der Waals surface area contributed by atoms with Crippen molar-refractivity contribution in [2.24, 2.45) is 0 Å². The Morgan fingerprint density at radius 2 is 1.67 bits per heavy atom. The molecule has 1 unspecified atom stereocenters. The van der Waals surface area contributed by atoms with Crippen molar-refractivity contribution in [3.05, 3.63) is 59.6 Å². The van der Waals surface area contributed by atoms with Crippen LogP contribution in [-0.2, 0) is 14.8 Å². The third-order valence-electron chi connectivity index (χ3n) is 6.37. The molecule has 2 aromatic rings. The Bertz CT molecular complexity index is 1040. The summed E-state index contributed by atoms with van der Waals surface area (Å²) in [5.41, 5.74) is 1.08. The Morgan fingerprint density at radius 3 is 2.39 bits per heavy atom. The second-order valence-electron chi connectivity index (χ2n) is 8.51. The van der Waals surface area contributed by atoms with Crippen molar-refractivity contribution >= 4 is 33.2 Å². The number of anilines is 1. The van der Waals surface area contributed by atoms with E-state index in [4.69, 9.17) is 11.6 Å². The van der Waals surface area contributed by atoms with Crippen LogP contribution in [0.4, 0.5) is 5.69 Å². The topological polar surface area (TPSA) is 73.0 Å². The smallest absolute Gasteiger partial charge is 0.243 e. The van der Waals surface area contributed by atoms with Crippen LogP contribution in [-0.4, -0.2) is 75.4 Å². The molecule has 0 saturated carbocycles. The monoisotopic (exact) mass is 490 g/mol. The van der Waals surface area contributed by atoms with Crippen LogP contribution in [0.5, 0.6) is 0 Å². The first kappa shape index (κ1) is 24.0. The molecule has 0 aromatic heterocycles. The van der Waals surface area contributed by atoms with Crippen molar-refractivity contribution in [3.63, 3.8) is 0 Å². The largest absolute Gasteiger partial charge is 0.368 e. The number of para-hydroxylation sites is 1. The minimum atomic E-state index is -3.66. The Balaban J connectivity index is 1.21. The number of rotatable bonds is 8. The molecule has 1 N–H and O–H groups in total. The summed E-state index contributed by atoms with van der Waals surface area (Å²) in [5, 5.41) is 3.74. The number of carbonyl (C=O) groups is 1. The molecule has 7 nitrogen and oxygen atoms in total. The van der Waals surface area contributed by atoms with Crippen LogP contribution in [0.3, 0.4) is 0 Å². The second-order valence-corrected chi connectivity index (χ2v) is 10.8. The van der Waals surface area contributed by atoms with Crippen molar-refractivity contribution in [1.82, 2.24) is 14.5 Å². The normalized spacial score (nSPS) is 20.2. The molecule has 178 valence electrons. The van der Waals surface area contributed by atoms with E-state index in [2.05, 4.69) is 21.2 Å². The standard InChI is InChI=1S/C24H31ClN4O3S/c25-21-10-4-5-11-22(21)28-18-16-27(17-19-28)14-7-13-26-24(30)23-12-6-15-29(23)33(31,32)20-8-2-1-3-9-20/h1-5,8-11,23H,6-7,12-19H2,(H,26,30). The Morgan fingerprint density at radius 1 is 0.970 bits per heavy atom. The predicted octanol–water partition coefficient (Wildman–Crippen LogP) is 2.82. The lowest BCUT2D eigenvalue weighted by molar-refractivity contribution is -0.124. The SMILES string of the molecule is O=C(NCCCN1CCN(c2ccccc2Cl)CC1)C1CCCN1S(=O)(=O)c1ccccc1. The summed E-state index contributed by atoms with van der Waals surface area (Å²) in [7, 11) is -3.66. The Hall–Kier alpha value is -2.13. The molecule has 9 heteroatoms. The third kappa shape index (κ3) is 5.69. The van der Waals surface area contributed by atoms with Crippen LogP contribution < -0.4 is 10.2 Å². The fourth-order valence-electron chi connectivity index (χ4n) is 4.57. The quantitative estimate of drug-likeness (QED) is 0.576. The van der Waals surface area contributed by atoms with E-state index >= 15 is 0 Å². The summed E-state index contributed by atoms with van der Waals surface area (Å²) in [6.45, 7) is 5.56. The van der Waals surface area contributed by atoms with Crippen LogP contribution in [0.2, 0.25) is 5.02 Å². The lowest BCUT2D eigenvalue weighted by atomic mass is 10.2. The average Bonchev–Trinajstić information content (AvgIpc) is 3.34. The van der Waals surface area contributed by atoms with Crippen molar-refractivity contribution in [2.45, 2.75) is 30.2 Å². The number of halogens is 1. The number of nitrogens with zero attached hydrogens (tertiary/aromatic N) is 3. The fraction of sp³-hybridized carbons (Fsp3) is 0.458. The maximum absolute atomic E-state index is 13.0. The van der Waals surface area contributed by atoms with Crippen molar-refractivity contribution in [3.8, 4) is 0 Å². The number of hydrogen-bond acceptors (Lipinski definition) is 5. The second kappa shape index (κ2) is 10.9. The first-order chi connectivity index (χ1) is 16.0. The van der Waals surface area contributed by atoms with E-state index in [0.717, 1.165) is 49.9 Å². The van der Waals surface area contributed by atoms with Gasteiger partial charge in [0, 0.05) is 39.3 Å². The zero-order valence-corrected chi connectivity index (χ0v) is 20.3. The molecule has 0 aliphatic carbocycles. The lowest BCUT2D eigenvalue weighted by Crippen LogP contribution is -2.48. The molecule has 2 fully saturated rings. The number of nitrogens with one attached hydrogen (secondary N) is 1. The molecule has 2 heterocycles. The van der Waals surface area contributed by atoms with E-state index in [9.17, 15) is 13.2 Å². The van der Waals surface area contributed by atoms with E-state index < -0.39 is 16.1 Å². The molecule has 2 aliphatic rings. The van der Waals surface area contributed by atoms with Gasteiger partial charge in [-0.05, 0) is 50.1 Å². The van der Waals surface area contributed by atoms with Gasteiger partial charge in [-0.25, -0.2) is 8.42 Å². The third-order valence-corrected chi connectivity index (χ3v) is 8.61. The molecular weight excluding hydrogens is 460 g/mol. The molecule has 2 aliphatic heterocycles. The molecule has 33 heavy (non-hydrogen) atoms.